The Labute approximate surface area is 146 Å². The smallest absolute Gasteiger partial charge is 0.416 e. The van der Waals surface area contributed by atoms with Crippen LogP contribution in [0.2, 0.25) is 0 Å². The highest BCUT2D eigenvalue weighted by Crippen LogP contribution is 2.43. The molecule has 0 aromatic heterocycles. The Morgan fingerprint density at radius 1 is 1.08 bits per heavy atom. The van der Waals surface area contributed by atoms with Crippen molar-refractivity contribution in [1.82, 2.24) is 10.2 Å². The Balaban J connectivity index is 0.00000264. The number of phenols is 1. The number of halogens is 8. The van der Waals surface area contributed by atoms with Gasteiger partial charge in [0.2, 0.25) is 0 Å². The molecule has 1 atom stereocenters. The zero-order valence-electron chi connectivity index (χ0n) is 12.1. The van der Waals surface area contributed by atoms with Gasteiger partial charge in [-0.05, 0) is 12.1 Å². The van der Waals surface area contributed by atoms with E-state index in [4.69, 9.17) is 0 Å². The summed E-state index contributed by atoms with van der Waals surface area (Å²) in [5.74, 6) is -2.73. The normalized spacial score (nSPS) is 17.1. The summed E-state index contributed by atoms with van der Waals surface area (Å²) in [6, 6.07) is -1.22. The van der Waals surface area contributed by atoms with Crippen LogP contribution in [0.15, 0.2) is 12.1 Å². The van der Waals surface area contributed by atoms with Crippen molar-refractivity contribution >= 4 is 24.8 Å². The number of phenolic OH excluding ortho intramolecular Hbond substituents is 1. The second-order valence-corrected chi connectivity index (χ2v) is 4.92. The average molecular weight is 401 g/mol. The van der Waals surface area contributed by atoms with E-state index in [1.165, 1.54) is 0 Å². The fourth-order valence-corrected chi connectivity index (χ4v) is 2.56. The highest BCUT2D eigenvalue weighted by molar-refractivity contribution is 5.85. The van der Waals surface area contributed by atoms with Crippen LogP contribution >= 0.6 is 24.8 Å². The highest BCUT2D eigenvalue weighted by Gasteiger charge is 2.42. The molecule has 2 rings (SSSR count). The van der Waals surface area contributed by atoms with Crippen molar-refractivity contribution in [3.63, 3.8) is 0 Å². The molecule has 0 radical (unpaired) electrons. The van der Waals surface area contributed by atoms with Gasteiger partial charge in [0.1, 0.15) is 6.04 Å². The van der Waals surface area contributed by atoms with Gasteiger partial charge >= 0.3 is 6.18 Å². The molecule has 140 valence electrons. The van der Waals surface area contributed by atoms with Gasteiger partial charge in [0.15, 0.2) is 11.6 Å². The van der Waals surface area contributed by atoms with Gasteiger partial charge in [0.05, 0.1) is 5.56 Å². The molecule has 1 aliphatic rings. The van der Waals surface area contributed by atoms with Crippen molar-refractivity contribution in [3.05, 3.63) is 29.1 Å². The summed E-state index contributed by atoms with van der Waals surface area (Å²) >= 11 is 0. The molecule has 2 N–H and O–H groups in total. The molecule has 11 heteroatoms. The van der Waals surface area contributed by atoms with Crippen LogP contribution in [0.25, 0.3) is 0 Å². The average Bonchev–Trinajstić information content (AvgIpc) is 2.43. The number of nitrogens with one attached hydrogen (secondary N) is 1. The number of piperazine rings is 1. The summed E-state index contributed by atoms with van der Waals surface area (Å²) in [7, 11) is 0. The third kappa shape index (κ3) is 4.81. The molecular weight excluding hydrogens is 385 g/mol. The van der Waals surface area contributed by atoms with E-state index >= 15 is 0 Å². The minimum Gasteiger partial charge on any atom is -0.505 e. The number of hydrogen-bond acceptors (Lipinski definition) is 3. The van der Waals surface area contributed by atoms with Crippen molar-refractivity contribution in [3.8, 4) is 5.75 Å². The molecule has 1 heterocycles. The van der Waals surface area contributed by atoms with E-state index in [0.717, 1.165) is 4.90 Å². The molecule has 1 aliphatic heterocycles. The maximum Gasteiger partial charge on any atom is 0.416 e. The summed E-state index contributed by atoms with van der Waals surface area (Å²) in [5, 5.41) is 12.5. The summed E-state index contributed by atoms with van der Waals surface area (Å²) in [6.07, 6.45) is -8.17. The molecule has 3 nitrogen and oxygen atoms in total. The standard InChI is InChI=1S/C13H14F6N2O.2ClH/c14-8-2-1-7(13(17,18)19)9(11(8)22)10(12(15)16)21-5-3-20-4-6-21;;/h1-2,10,12,20,22H,3-6H2;2*1H/t10-;;/m0../s1. The van der Waals surface area contributed by atoms with E-state index in [2.05, 4.69) is 5.32 Å². The van der Waals surface area contributed by atoms with Crippen LogP contribution in [0.1, 0.15) is 17.2 Å². The van der Waals surface area contributed by atoms with Gasteiger partial charge in [-0.15, -0.1) is 24.8 Å². The molecule has 0 unspecified atom stereocenters. The first-order valence-electron chi connectivity index (χ1n) is 6.55. The Hall–Kier alpha value is -0.900. The predicted molar refractivity (Wildman–Crippen MR) is 80.8 cm³/mol. The lowest BCUT2D eigenvalue weighted by atomic mass is 9.96. The van der Waals surface area contributed by atoms with Gasteiger partial charge in [-0.1, -0.05) is 0 Å². The van der Waals surface area contributed by atoms with Gasteiger partial charge in [-0.25, -0.2) is 13.2 Å². The fourth-order valence-electron chi connectivity index (χ4n) is 2.56. The van der Waals surface area contributed by atoms with Crippen molar-refractivity contribution in [1.29, 1.82) is 0 Å². The Morgan fingerprint density at radius 3 is 2.08 bits per heavy atom. The minimum absolute atomic E-state index is 0. The van der Waals surface area contributed by atoms with E-state index in [1.807, 2.05) is 0 Å². The third-order valence-corrected chi connectivity index (χ3v) is 3.55. The molecule has 0 amide bonds. The second kappa shape index (κ2) is 8.98. The lowest BCUT2D eigenvalue weighted by Gasteiger charge is -2.36. The molecule has 24 heavy (non-hydrogen) atoms. The predicted octanol–water partition coefficient (Wildman–Crippen LogP) is 3.61. The van der Waals surface area contributed by atoms with Crippen LogP contribution in [-0.2, 0) is 6.18 Å². The Kier molecular flexibility index (Phi) is 8.64. The first-order chi connectivity index (χ1) is 10.2. The van der Waals surface area contributed by atoms with Gasteiger partial charge in [0, 0.05) is 31.7 Å². The Bertz CT molecular complexity index is 538. The number of alkyl halides is 5. The molecule has 0 aliphatic carbocycles. The molecular formula is C13H16Cl2F6N2O. The van der Waals surface area contributed by atoms with Crippen LogP contribution < -0.4 is 5.32 Å². The van der Waals surface area contributed by atoms with Crippen LogP contribution in [0.4, 0.5) is 26.3 Å². The fraction of sp³-hybridized carbons (Fsp3) is 0.538. The molecule has 1 saturated heterocycles. The van der Waals surface area contributed by atoms with Crippen LogP contribution in [0, 0.1) is 5.82 Å². The molecule has 0 bridgehead atoms. The maximum absolute atomic E-state index is 13.4. The number of hydrogen-bond donors (Lipinski definition) is 2. The maximum atomic E-state index is 13.4. The first-order valence-corrected chi connectivity index (χ1v) is 6.55. The van der Waals surface area contributed by atoms with Gasteiger partial charge in [-0.2, -0.15) is 13.2 Å². The highest BCUT2D eigenvalue weighted by atomic mass is 35.5. The Morgan fingerprint density at radius 2 is 1.62 bits per heavy atom. The molecule has 1 aromatic carbocycles. The van der Waals surface area contributed by atoms with E-state index < -0.39 is 41.3 Å². The van der Waals surface area contributed by atoms with Crippen molar-refractivity contribution in [2.24, 2.45) is 0 Å². The van der Waals surface area contributed by atoms with Gasteiger partial charge < -0.3 is 10.4 Å². The van der Waals surface area contributed by atoms with Crippen LogP contribution in [0.3, 0.4) is 0 Å². The number of aromatic hydroxyl groups is 1. The van der Waals surface area contributed by atoms with Crippen LogP contribution in [-0.4, -0.2) is 42.6 Å². The van der Waals surface area contributed by atoms with E-state index in [0.29, 0.717) is 25.2 Å². The number of rotatable bonds is 3. The topological polar surface area (TPSA) is 35.5 Å². The molecule has 0 saturated carbocycles. The van der Waals surface area contributed by atoms with Crippen LogP contribution in [0.5, 0.6) is 5.75 Å². The lowest BCUT2D eigenvalue weighted by Crippen LogP contribution is -2.47. The lowest BCUT2D eigenvalue weighted by molar-refractivity contribution is -0.139. The van der Waals surface area contributed by atoms with Gasteiger partial charge in [0.25, 0.3) is 6.43 Å². The van der Waals surface area contributed by atoms with Crippen molar-refractivity contribution in [2.75, 3.05) is 26.2 Å². The summed E-state index contributed by atoms with van der Waals surface area (Å²) < 4.78 is 79.3. The summed E-state index contributed by atoms with van der Waals surface area (Å²) in [4.78, 5) is 1.12. The van der Waals surface area contributed by atoms with E-state index in [1.54, 1.807) is 0 Å². The van der Waals surface area contributed by atoms with Crippen molar-refractivity contribution in [2.45, 2.75) is 18.6 Å². The quantitative estimate of drug-likeness (QED) is 0.760. The summed E-state index contributed by atoms with van der Waals surface area (Å²) in [6.45, 7) is 0.784. The third-order valence-electron chi connectivity index (χ3n) is 3.55. The van der Waals surface area contributed by atoms with E-state index in [9.17, 15) is 31.4 Å². The first kappa shape index (κ1) is 23.1. The number of nitrogens with zero attached hydrogens (tertiary/aromatic N) is 1. The minimum atomic E-state index is -4.97. The molecule has 1 aromatic rings. The van der Waals surface area contributed by atoms with E-state index in [-0.39, 0.29) is 37.9 Å². The zero-order chi connectivity index (χ0) is 16.5. The monoisotopic (exact) mass is 400 g/mol. The second-order valence-electron chi connectivity index (χ2n) is 4.92. The number of benzene rings is 1. The zero-order valence-corrected chi connectivity index (χ0v) is 13.7. The van der Waals surface area contributed by atoms with Crippen molar-refractivity contribution < 1.29 is 31.4 Å². The SMILES string of the molecule is Cl.Cl.Oc1c(F)ccc(C(F)(F)F)c1[C@@H](C(F)F)N1CCNCC1. The summed E-state index contributed by atoms with van der Waals surface area (Å²) in [5.41, 5.74) is -2.56. The molecule has 1 fully saturated rings. The van der Waals surface area contributed by atoms with Gasteiger partial charge in [-0.3, -0.25) is 4.90 Å². The molecule has 0 spiro atoms. The largest absolute Gasteiger partial charge is 0.505 e.